The van der Waals surface area contributed by atoms with E-state index in [1.807, 2.05) is 13.0 Å². The van der Waals surface area contributed by atoms with Gasteiger partial charge in [-0.2, -0.15) is 0 Å². The van der Waals surface area contributed by atoms with Crippen molar-refractivity contribution in [3.8, 4) is 12.3 Å². The second-order valence-electron chi connectivity index (χ2n) is 2.35. The van der Waals surface area contributed by atoms with Gasteiger partial charge in [0.15, 0.2) is 5.78 Å². The van der Waals surface area contributed by atoms with Gasteiger partial charge in [0.25, 0.3) is 0 Å². The van der Waals surface area contributed by atoms with Gasteiger partial charge in [0.05, 0.1) is 0 Å². The van der Waals surface area contributed by atoms with Gasteiger partial charge in [0, 0.05) is 0 Å². The number of hydrogen-bond acceptors (Lipinski definition) is 1. The van der Waals surface area contributed by atoms with Gasteiger partial charge < -0.3 is 0 Å². The first-order chi connectivity index (χ1) is 5.66. The van der Waals surface area contributed by atoms with Crippen LogP contribution in [0.1, 0.15) is 13.8 Å². The molecule has 0 fully saturated rings. The Bertz CT molecular complexity index is 272. The smallest absolute Gasteiger partial charge is 0.152 e. The fraction of sp³-hybridized carbons (Fsp3) is 0.182. The highest BCUT2D eigenvalue weighted by atomic mass is 16.1. The molecule has 0 aromatic heterocycles. The molecule has 0 radical (unpaired) electrons. The number of carbonyl (C=O) groups excluding carboxylic acids is 1. The Kier molecular flexibility index (Phi) is 5.38. The van der Waals surface area contributed by atoms with E-state index in [1.165, 1.54) is 13.0 Å². The van der Waals surface area contributed by atoms with Crippen LogP contribution in [0.4, 0.5) is 0 Å². The van der Waals surface area contributed by atoms with Crippen LogP contribution in [-0.2, 0) is 4.79 Å². The number of allylic oxidation sites excluding steroid dienone is 6. The minimum absolute atomic E-state index is 0.0392. The Morgan fingerprint density at radius 1 is 1.25 bits per heavy atom. The molecule has 0 aromatic rings. The lowest BCUT2D eigenvalue weighted by Gasteiger charge is -1.80. The molecule has 0 aromatic carbocycles. The van der Waals surface area contributed by atoms with Crippen LogP contribution >= 0.6 is 0 Å². The molecule has 1 heteroatoms. The molecule has 0 aliphatic carbocycles. The highest BCUT2D eigenvalue weighted by molar-refractivity contribution is 5.87. The second kappa shape index (κ2) is 6.18. The van der Waals surface area contributed by atoms with E-state index >= 15 is 0 Å². The van der Waals surface area contributed by atoms with Gasteiger partial charge in [-0.25, -0.2) is 0 Å². The van der Waals surface area contributed by atoms with E-state index in [1.54, 1.807) is 18.2 Å². The van der Waals surface area contributed by atoms with Gasteiger partial charge in [-0.15, -0.1) is 6.42 Å². The molecule has 0 rings (SSSR count). The zero-order valence-electron chi connectivity index (χ0n) is 7.37. The quantitative estimate of drug-likeness (QED) is 0.351. The second-order valence-corrected chi connectivity index (χ2v) is 2.35. The predicted molar refractivity (Wildman–Crippen MR) is 51.6 cm³/mol. The van der Waals surface area contributed by atoms with Gasteiger partial charge in [-0.1, -0.05) is 30.2 Å². The maximum absolute atomic E-state index is 10.4. The summed E-state index contributed by atoms with van der Waals surface area (Å²) >= 11 is 0. The maximum Gasteiger partial charge on any atom is 0.152 e. The molecule has 0 atom stereocenters. The molecule has 0 amide bonds. The predicted octanol–water partition coefficient (Wildman–Crippen LogP) is 2.27. The number of rotatable bonds is 3. The lowest BCUT2D eigenvalue weighted by molar-refractivity contribution is -0.112. The third-order valence-electron chi connectivity index (χ3n) is 1.13. The number of terminal acetylenes is 1. The van der Waals surface area contributed by atoms with Crippen molar-refractivity contribution < 1.29 is 4.79 Å². The lowest BCUT2D eigenvalue weighted by Crippen LogP contribution is -1.77. The van der Waals surface area contributed by atoms with Crippen molar-refractivity contribution in [2.75, 3.05) is 0 Å². The van der Waals surface area contributed by atoms with Gasteiger partial charge in [-0.3, -0.25) is 4.79 Å². The Morgan fingerprint density at radius 3 is 2.42 bits per heavy atom. The topological polar surface area (TPSA) is 17.1 Å². The Hall–Kier alpha value is -1.55. The van der Waals surface area contributed by atoms with Gasteiger partial charge in [0.2, 0.25) is 0 Å². The first kappa shape index (κ1) is 10.4. The minimum atomic E-state index is 0.0392. The molecule has 12 heavy (non-hydrogen) atoms. The summed E-state index contributed by atoms with van der Waals surface area (Å²) in [6.45, 7) is 3.35. The van der Waals surface area contributed by atoms with Crippen LogP contribution < -0.4 is 0 Å². The van der Waals surface area contributed by atoms with E-state index < -0.39 is 0 Å². The van der Waals surface area contributed by atoms with Crippen LogP contribution in [0.25, 0.3) is 0 Å². The van der Waals surface area contributed by atoms with Crippen LogP contribution in [0.2, 0.25) is 0 Å². The Morgan fingerprint density at radius 2 is 1.92 bits per heavy atom. The van der Waals surface area contributed by atoms with E-state index in [2.05, 4.69) is 5.92 Å². The average Bonchev–Trinajstić information content (AvgIpc) is 2.03. The largest absolute Gasteiger partial charge is 0.295 e. The maximum atomic E-state index is 10.4. The summed E-state index contributed by atoms with van der Waals surface area (Å²) in [5.41, 5.74) is 0.863. The molecular weight excluding hydrogens is 148 g/mol. The molecule has 0 aliphatic rings. The summed E-state index contributed by atoms with van der Waals surface area (Å²) in [5.74, 6) is 2.52. The summed E-state index contributed by atoms with van der Waals surface area (Å²) in [5, 5.41) is 0. The molecule has 62 valence electrons. The van der Waals surface area contributed by atoms with E-state index in [0.29, 0.717) is 0 Å². The zero-order valence-corrected chi connectivity index (χ0v) is 7.37. The SMILES string of the molecule is C#C/C(C)=C/C=C/C=C/C(C)=O. The molecule has 1 nitrogen and oxygen atoms in total. The first-order valence-corrected chi connectivity index (χ1v) is 3.65. The monoisotopic (exact) mass is 160 g/mol. The number of ketones is 1. The first-order valence-electron chi connectivity index (χ1n) is 3.65. The third-order valence-corrected chi connectivity index (χ3v) is 1.13. The van der Waals surface area contributed by atoms with Crippen LogP contribution in [0, 0.1) is 12.3 Å². The van der Waals surface area contributed by atoms with Crippen molar-refractivity contribution >= 4 is 5.78 Å². The average molecular weight is 160 g/mol. The zero-order chi connectivity index (χ0) is 9.40. The van der Waals surface area contributed by atoms with E-state index in [9.17, 15) is 4.79 Å². The number of carbonyl (C=O) groups is 1. The molecule has 0 saturated heterocycles. The molecule has 0 unspecified atom stereocenters. The molecule has 0 saturated carbocycles. The van der Waals surface area contributed by atoms with Crippen molar-refractivity contribution in [3.63, 3.8) is 0 Å². The summed E-state index contributed by atoms with van der Waals surface area (Å²) < 4.78 is 0. The number of hydrogen-bond donors (Lipinski definition) is 0. The molecule has 0 spiro atoms. The highest BCUT2D eigenvalue weighted by Crippen LogP contribution is 1.89. The minimum Gasteiger partial charge on any atom is -0.295 e. The standard InChI is InChI=1S/C11H12O/c1-4-10(2)8-6-5-7-9-11(3)12/h1,5-9H,2-3H3/b6-5+,9-7+,10-8+. The fourth-order valence-corrected chi connectivity index (χ4v) is 0.503. The molecule has 0 heterocycles. The van der Waals surface area contributed by atoms with E-state index in [-0.39, 0.29) is 5.78 Å². The molecule has 0 aliphatic heterocycles. The molecular formula is C11H12O. The van der Waals surface area contributed by atoms with Crippen molar-refractivity contribution in [2.45, 2.75) is 13.8 Å². The van der Waals surface area contributed by atoms with Crippen LogP contribution in [-0.4, -0.2) is 5.78 Å². The van der Waals surface area contributed by atoms with Crippen molar-refractivity contribution in [3.05, 3.63) is 36.0 Å². The summed E-state index contributed by atoms with van der Waals surface area (Å²) in [6, 6.07) is 0. The van der Waals surface area contributed by atoms with Crippen molar-refractivity contribution in [1.82, 2.24) is 0 Å². The Balaban J connectivity index is 3.96. The van der Waals surface area contributed by atoms with Gasteiger partial charge >= 0.3 is 0 Å². The summed E-state index contributed by atoms with van der Waals surface area (Å²) in [4.78, 5) is 10.4. The lowest BCUT2D eigenvalue weighted by atomic mass is 10.3. The van der Waals surface area contributed by atoms with Crippen LogP contribution in [0.5, 0.6) is 0 Å². The van der Waals surface area contributed by atoms with Crippen molar-refractivity contribution in [2.24, 2.45) is 0 Å². The van der Waals surface area contributed by atoms with Crippen LogP contribution in [0.15, 0.2) is 36.0 Å². The molecule has 0 bridgehead atoms. The summed E-state index contributed by atoms with van der Waals surface area (Å²) in [7, 11) is 0. The van der Waals surface area contributed by atoms with Crippen LogP contribution in [0.3, 0.4) is 0 Å². The molecule has 0 N–H and O–H groups in total. The van der Waals surface area contributed by atoms with Gasteiger partial charge in [-0.05, 0) is 25.5 Å². The third kappa shape index (κ3) is 6.57. The van der Waals surface area contributed by atoms with E-state index in [0.717, 1.165) is 5.57 Å². The van der Waals surface area contributed by atoms with E-state index in [4.69, 9.17) is 6.42 Å². The summed E-state index contributed by atoms with van der Waals surface area (Å²) in [6.07, 6.45) is 13.7. The normalized spacial score (nSPS) is 12.2. The van der Waals surface area contributed by atoms with Gasteiger partial charge in [0.1, 0.15) is 0 Å². The Labute approximate surface area is 73.5 Å². The fourth-order valence-electron chi connectivity index (χ4n) is 0.503. The van der Waals surface area contributed by atoms with Crippen molar-refractivity contribution in [1.29, 1.82) is 0 Å². The highest BCUT2D eigenvalue weighted by Gasteiger charge is 1.76.